The molecule has 3 rings (SSSR count). The van der Waals surface area contributed by atoms with E-state index in [2.05, 4.69) is 53.7 Å². The minimum absolute atomic E-state index is 0.259. The van der Waals surface area contributed by atoms with Crippen molar-refractivity contribution in [3.63, 3.8) is 0 Å². The summed E-state index contributed by atoms with van der Waals surface area (Å²) in [5.74, 6) is 1.09. The number of aromatic nitrogens is 2. The number of pyridine rings is 1. The zero-order valence-corrected chi connectivity index (χ0v) is 13.0. The van der Waals surface area contributed by atoms with E-state index in [1.165, 1.54) is 5.69 Å². The highest BCUT2D eigenvalue weighted by Crippen LogP contribution is 2.23. The van der Waals surface area contributed by atoms with E-state index in [4.69, 9.17) is 9.72 Å². The summed E-state index contributed by atoms with van der Waals surface area (Å²) in [4.78, 5) is 7.19. The normalized spacial score (nSPS) is 19.6. The Hall–Kier alpha value is -1.59. The molecule has 2 aromatic rings. The lowest BCUT2D eigenvalue weighted by atomic mass is 10.2. The first kappa shape index (κ1) is 14.4. The van der Waals surface area contributed by atoms with E-state index >= 15 is 0 Å². The van der Waals surface area contributed by atoms with Crippen LogP contribution in [0, 0.1) is 0 Å². The topological polar surface area (TPSA) is 41.8 Å². The van der Waals surface area contributed by atoms with Crippen molar-refractivity contribution in [2.24, 2.45) is 0 Å². The predicted octanol–water partition coefficient (Wildman–Crippen LogP) is 2.06. The Morgan fingerprint density at radius 1 is 1.43 bits per heavy atom. The van der Waals surface area contributed by atoms with E-state index in [9.17, 15) is 0 Å². The van der Waals surface area contributed by atoms with Gasteiger partial charge in [0.05, 0.1) is 18.4 Å². The molecule has 1 aliphatic rings. The standard InChI is InChI=1S/C16H24N4O/c1-12(2)17-10-14-16(19-8-9-21-13(3)11-19)18-15-6-4-5-7-20(14)15/h4-7,12-13,17H,8-11H2,1-3H3. The molecule has 3 heterocycles. The van der Waals surface area contributed by atoms with Gasteiger partial charge in [0.15, 0.2) is 5.82 Å². The molecule has 2 aromatic heterocycles. The van der Waals surface area contributed by atoms with Crippen LogP contribution in [-0.2, 0) is 11.3 Å². The van der Waals surface area contributed by atoms with Gasteiger partial charge in [0.25, 0.3) is 0 Å². The van der Waals surface area contributed by atoms with Crippen LogP contribution in [0.4, 0.5) is 5.82 Å². The van der Waals surface area contributed by atoms with E-state index in [0.29, 0.717) is 6.04 Å². The second-order valence-electron chi connectivity index (χ2n) is 5.97. The summed E-state index contributed by atoms with van der Waals surface area (Å²) >= 11 is 0. The van der Waals surface area contributed by atoms with Crippen LogP contribution in [0.5, 0.6) is 0 Å². The molecule has 1 aliphatic heterocycles. The van der Waals surface area contributed by atoms with Gasteiger partial charge in [-0.3, -0.25) is 0 Å². The molecular formula is C16H24N4O. The van der Waals surface area contributed by atoms with Gasteiger partial charge in [-0.15, -0.1) is 0 Å². The molecular weight excluding hydrogens is 264 g/mol. The van der Waals surface area contributed by atoms with Crippen molar-refractivity contribution >= 4 is 11.5 Å². The van der Waals surface area contributed by atoms with Crippen LogP contribution in [0.25, 0.3) is 5.65 Å². The van der Waals surface area contributed by atoms with Crippen molar-refractivity contribution in [2.75, 3.05) is 24.6 Å². The van der Waals surface area contributed by atoms with Gasteiger partial charge in [-0.2, -0.15) is 0 Å². The molecule has 0 bridgehead atoms. The highest BCUT2D eigenvalue weighted by molar-refractivity contribution is 5.56. The van der Waals surface area contributed by atoms with Crippen molar-refractivity contribution in [3.05, 3.63) is 30.1 Å². The molecule has 0 radical (unpaired) electrons. The zero-order chi connectivity index (χ0) is 14.8. The molecule has 0 aromatic carbocycles. The molecule has 0 amide bonds. The van der Waals surface area contributed by atoms with E-state index < -0.39 is 0 Å². The maximum Gasteiger partial charge on any atom is 0.152 e. The monoisotopic (exact) mass is 288 g/mol. The molecule has 0 aliphatic carbocycles. The quantitative estimate of drug-likeness (QED) is 0.935. The van der Waals surface area contributed by atoms with Gasteiger partial charge in [0.1, 0.15) is 5.65 Å². The Bertz CT molecular complexity index is 607. The Labute approximate surface area is 125 Å². The fourth-order valence-corrected chi connectivity index (χ4v) is 2.76. The molecule has 5 heteroatoms. The maximum atomic E-state index is 5.65. The highest BCUT2D eigenvalue weighted by Gasteiger charge is 2.23. The fourth-order valence-electron chi connectivity index (χ4n) is 2.76. The number of hydrogen-bond donors (Lipinski definition) is 1. The summed E-state index contributed by atoms with van der Waals surface area (Å²) in [5.41, 5.74) is 2.24. The number of ether oxygens (including phenoxy) is 1. The summed E-state index contributed by atoms with van der Waals surface area (Å²) in [6.07, 6.45) is 2.35. The van der Waals surface area contributed by atoms with E-state index in [-0.39, 0.29) is 6.10 Å². The molecule has 21 heavy (non-hydrogen) atoms. The SMILES string of the molecule is CC(C)NCc1c(N2CCOC(C)C2)nc2ccccn12. The molecule has 5 nitrogen and oxygen atoms in total. The summed E-state index contributed by atoms with van der Waals surface area (Å²) in [6, 6.07) is 6.61. The second-order valence-corrected chi connectivity index (χ2v) is 5.97. The molecule has 1 fully saturated rings. The molecule has 1 unspecified atom stereocenters. The van der Waals surface area contributed by atoms with Crippen LogP contribution in [-0.4, -0.2) is 41.2 Å². The van der Waals surface area contributed by atoms with Gasteiger partial charge in [0.2, 0.25) is 0 Å². The predicted molar refractivity (Wildman–Crippen MR) is 84.8 cm³/mol. The number of hydrogen-bond acceptors (Lipinski definition) is 4. The van der Waals surface area contributed by atoms with Gasteiger partial charge in [-0.1, -0.05) is 19.9 Å². The molecule has 1 N–H and O–H groups in total. The van der Waals surface area contributed by atoms with Crippen molar-refractivity contribution < 1.29 is 4.74 Å². The van der Waals surface area contributed by atoms with Crippen LogP contribution < -0.4 is 10.2 Å². The molecule has 0 saturated carbocycles. The van der Waals surface area contributed by atoms with Crippen LogP contribution in [0.3, 0.4) is 0 Å². The van der Waals surface area contributed by atoms with Crippen LogP contribution in [0.15, 0.2) is 24.4 Å². The maximum absolute atomic E-state index is 5.65. The number of nitrogens with one attached hydrogen (secondary N) is 1. The van der Waals surface area contributed by atoms with Gasteiger partial charge in [-0.25, -0.2) is 4.98 Å². The summed E-state index contributed by atoms with van der Waals surface area (Å²) in [7, 11) is 0. The molecule has 114 valence electrons. The summed E-state index contributed by atoms with van der Waals surface area (Å²) < 4.78 is 7.84. The average Bonchev–Trinajstić information content (AvgIpc) is 2.84. The molecule has 1 saturated heterocycles. The zero-order valence-electron chi connectivity index (χ0n) is 13.0. The first-order valence-electron chi connectivity index (χ1n) is 7.71. The van der Waals surface area contributed by atoms with Crippen molar-refractivity contribution in [1.82, 2.24) is 14.7 Å². The van der Waals surface area contributed by atoms with Gasteiger partial charge >= 0.3 is 0 Å². The van der Waals surface area contributed by atoms with E-state index in [1.54, 1.807) is 0 Å². The second kappa shape index (κ2) is 6.03. The third kappa shape index (κ3) is 3.04. The van der Waals surface area contributed by atoms with E-state index in [1.807, 2.05) is 6.07 Å². The van der Waals surface area contributed by atoms with E-state index in [0.717, 1.165) is 37.7 Å². The fraction of sp³-hybridized carbons (Fsp3) is 0.562. The minimum Gasteiger partial charge on any atom is -0.375 e. The lowest BCUT2D eigenvalue weighted by Crippen LogP contribution is -2.42. The first-order chi connectivity index (χ1) is 10.1. The Morgan fingerprint density at radius 3 is 3.05 bits per heavy atom. The van der Waals surface area contributed by atoms with Crippen LogP contribution in [0.2, 0.25) is 0 Å². The lowest BCUT2D eigenvalue weighted by molar-refractivity contribution is 0.0529. The third-order valence-corrected chi connectivity index (χ3v) is 3.83. The first-order valence-corrected chi connectivity index (χ1v) is 7.71. The van der Waals surface area contributed by atoms with Crippen LogP contribution >= 0.6 is 0 Å². The number of fused-ring (bicyclic) bond motifs is 1. The number of anilines is 1. The van der Waals surface area contributed by atoms with Gasteiger partial charge in [-0.05, 0) is 19.1 Å². The average molecular weight is 288 g/mol. The lowest BCUT2D eigenvalue weighted by Gasteiger charge is -2.32. The summed E-state index contributed by atoms with van der Waals surface area (Å²) in [6.45, 7) is 9.85. The Morgan fingerprint density at radius 2 is 2.29 bits per heavy atom. The van der Waals surface area contributed by atoms with Crippen molar-refractivity contribution in [2.45, 2.75) is 39.5 Å². The molecule has 0 spiro atoms. The number of imidazole rings is 1. The minimum atomic E-state index is 0.259. The van der Waals surface area contributed by atoms with Gasteiger partial charge in [0, 0.05) is 31.9 Å². The third-order valence-electron chi connectivity index (χ3n) is 3.83. The van der Waals surface area contributed by atoms with Crippen molar-refractivity contribution in [1.29, 1.82) is 0 Å². The number of rotatable bonds is 4. The highest BCUT2D eigenvalue weighted by atomic mass is 16.5. The molecule has 1 atom stereocenters. The number of nitrogens with zero attached hydrogens (tertiary/aromatic N) is 3. The Balaban J connectivity index is 1.97. The van der Waals surface area contributed by atoms with Crippen molar-refractivity contribution in [3.8, 4) is 0 Å². The van der Waals surface area contributed by atoms with Crippen LogP contribution in [0.1, 0.15) is 26.5 Å². The largest absolute Gasteiger partial charge is 0.375 e. The smallest absolute Gasteiger partial charge is 0.152 e. The Kier molecular flexibility index (Phi) is 4.12. The summed E-state index contributed by atoms with van der Waals surface area (Å²) in [5, 5.41) is 3.51. The number of morpholine rings is 1. The van der Waals surface area contributed by atoms with Gasteiger partial charge < -0.3 is 19.4 Å².